The van der Waals surface area contributed by atoms with Crippen molar-refractivity contribution < 1.29 is 44.3 Å². The molecule has 0 radical (unpaired) electrons. The lowest BCUT2D eigenvalue weighted by Crippen LogP contribution is -2.71. The van der Waals surface area contributed by atoms with E-state index in [9.17, 15) is 39.6 Å². The van der Waals surface area contributed by atoms with Crippen LogP contribution in [0.2, 0.25) is 0 Å². The minimum atomic E-state index is -2.64. The molecule has 0 heterocycles. The minimum absolute atomic E-state index is 0.00967. The largest absolute Gasteiger partial charge is 0.508 e. The summed E-state index contributed by atoms with van der Waals surface area (Å²) in [4.78, 5) is 52.8. The standard InChI is InChI=1S/C27H35N3O9/c1-11(2)10-39-26(37)29-9-12-5-6-16(31)18-14(12)7-13-8-15-20(30(3)4)22(33)19(25(28)36)24(35)27(15,38)23(34)17(13)21(18)32/h5-6,11,13,15,19-20,22,31,33-34,38H,7-10H2,1-4H3,(H2,28,36)(H,29,37)/t13-,15-,19?,20-,22?,27-/m0/s1. The Labute approximate surface area is 225 Å². The molecule has 0 bridgehead atoms. The van der Waals surface area contributed by atoms with Gasteiger partial charge in [0, 0.05) is 24.1 Å². The van der Waals surface area contributed by atoms with E-state index in [-0.39, 0.29) is 48.8 Å². The minimum Gasteiger partial charge on any atom is -0.508 e. The number of likely N-dealkylation sites (N-methyl/N-ethyl adjacent to an activating group) is 1. The number of phenols is 1. The van der Waals surface area contributed by atoms with Crippen LogP contribution in [0.15, 0.2) is 23.5 Å². The molecule has 0 saturated heterocycles. The molecule has 7 N–H and O–H groups in total. The molecule has 4 rings (SSSR count). The number of aliphatic hydroxyl groups excluding tert-OH is 2. The van der Waals surface area contributed by atoms with Gasteiger partial charge in [-0.25, -0.2) is 4.79 Å². The maximum atomic E-state index is 13.7. The van der Waals surface area contributed by atoms with E-state index in [2.05, 4.69) is 5.32 Å². The third-order valence-corrected chi connectivity index (χ3v) is 8.05. The van der Waals surface area contributed by atoms with Crippen LogP contribution in [0, 0.1) is 23.7 Å². The van der Waals surface area contributed by atoms with Gasteiger partial charge in [-0.3, -0.25) is 14.4 Å². The van der Waals surface area contributed by atoms with Crippen LogP contribution in [-0.2, 0) is 27.3 Å². The predicted octanol–water partition coefficient (Wildman–Crippen LogP) is 0.168. The number of nitrogens with zero attached hydrogens (tertiary/aromatic N) is 1. The van der Waals surface area contributed by atoms with Gasteiger partial charge in [-0.15, -0.1) is 0 Å². The Hall–Kier alpha value is -3.48. The van der Waals surface area contributed by atoms with E-state index < -0.39 is 64.8 Å². The van der Waals surface area contributed by atoms with Gasteiger partial charge in [0.25, 0.3) is 0 Å². The van der Waals surface area contributed by atoms with Crippen LogP contribution in [0.3, 0.4) is 0 Å². The molecule has 3 aliphatic rings. The first-order chi connectivity index (χ1) is 18.2. The van der Waals surface area contributed by atoms with Crippen molar-refractivity contribution in [1.29, 1.82) is 0 Å². The molecule has 12 nitrogen and oxygen atoms in total. The van der Waals surface area contributed by atoms with Crippen molar-refractivity contribution in [2.45, 2.75) is 51.0 Å². The summed E-state index contributed by atoms with van der Waals surface area (Å²) in [5.74, 6) is -7.77. The number of primary amides is 1. The molecule has 0 spiro atoms. The zero-order chi connectivity index (χ0) is 29.0. The molecule has 6 atom stereocenters. The Morgan fingerprint density at radius 3 is 2.49 bits per heavy atom. The average Bonchev–Trinajstić information content (AvgIpc) is 2.84. The van der Waals surface area contributed by atoms with Crippen LogP contribution in [0.5, 0.6) is 5.75 Å². The van der Waals surface area contributed by atoms with Gasteiger partial charge in [0.2, 0.25) is 5.91 Å². The van der Waals surface area contributed by atoms with E-state index in [1.165, 1.54) is 6.07 Å². The first-order valence-corrected chi connectivity index (χ1v) is 12.8. The highest BCUT2D eigenvalue weighted by atomic mass is 16.5. The van der Waals surface area contributed by atoms with Gasteiger partial charge in [-0.05, 0) is 56.0 Å². The molecule has 39 heavy (non-hydrogen) atoms. The van der Waals surface area contributed by atoms with E-state index in [0.29, 0.717) is 11.1 Å². The van der Waals surface area contributed by atoms with Gasteiger partial charge in [-0.1, -0.05) is 19.9 Å². The van der Waals surface area contributed by atoms with Crippen LogP contribution >= 0.6 is 0 Å². The summed E-state index contributed by atoms with van der Waals surface area (Å²) >= 11 is 0. The number of carbonyl (C=O) groups is 4. The summed E-state index contributed by atoms with van der Waals surface area (Å²) in [7, 11) is 3.19. The van der Waals surface area contributed by atoms with Crippen molar-refractivity contribution in [3.05, 3.63) is 40.2 Å². The van der Waals surface area contributed by atoms with Gasteiger partial charge in [0.15, 0.2) is 17.2 Å². The van der Waals surface area contributed by atoms with Gasteiger partial charge >= 0.3 is 6.09 Å². The second-order valence-electron chi connectivity index (χ2n) is 11.2. The molecule has 1 aromatic rings. The molecule has 0 aromatic heterocycles. The summed E-state index contributed by atoms with van der Waals surface area (Å²) < 4.78 is 5.14. The van der Waals surface area contributed by atoms with Crippen molar-refractivity contribution in [3.8, 4) is 5.75 Å². The Morgan fingerprint density at radius 2 is 1.90 bits per heavy atom. The number of hydrogen-bond donors (Lipinski definition) is 6. The monoisotopic (exact) mass is 545 g/mol. The Balaban J connectivity index is 1.77. The van der Waals surface area contributed by atoms with E-state index in [0.717, 1.165) is 0 Å². The summed E-state index contributed by atoms with van der Waals surface area (Å²) in [6.45, 7) is 4.03. The lowest BCUT2D eigenvalue weighted by atomic mass is 9.56. The van der Waals surface area contributed by atoms with E-state index >= 15 is 0 Å². The first kappa shape index (κ1) is 28.5. The summed E-state index contributed by atoms with van der Waals surface area (Å²) in [5.41, 5.74) is 3.42. The van der Waals surface area contributed by atoms with Crippen LogP contribution in [-0.4, -0.2) is 87.3 Å². The zero-order valence-corrected chi connectivity index (χ0v) is 22.3. The van der Waals surface area contributed by atoms with E-state index in [4.69, 9.17) is 10.5 Å². The molecule has 212 valence electrons. The zero-order valence-electron chi connectivity index (χ0n) is 22.3. The fourth-order valence-electron chi connectivity index (χ4n) is 6.30. The number of nitrogens with one attached hydrogen (secondary N) is 1. The molecule has 12 heteroatoms. The number of hydrogen-bond acceptors (Lipinski definition) is 10. The first-order valence-electron chi connectivity index (χ1n) is 12.8. The number of amides is 2. The van der Waals surface area contributed by atoms with Gasteiger partial charge in [0.05, 0.1) is 18.3 Å². The maximum Gasteiger partial charge on any atom is 0.407 e. The molecular weight excluding hydrogens is 510 g/mol. The topological polar surface area (TPSA) is 200 Å². The number of phenolic OH excluding ortho intramolecular Hbond substituents is 1. The van der Waals surface area contributed by atoms with Crippen LogP contribution in [0.1, 0.15) is 41.8 Å². The molecular formula is C27H35N3O9. The number of alkyl carbamates (subject to hydrolysis) is 1. The molecule has 1 aromatic carbocycles. The lowest BCUT2D eigenvalue weighted by molar-refractivity contribution is -0.178. The summed E-state index contributed by atoms with van der Waals surface area (Å²) in [6, 6.07) is 1.91. The molecule has 1 saturated carbocycles. The summed E-state index contributed by atoms with van der Waals surface area (Å²) in [6.07, 6.45) is -2.03. The fraction of sp³-hybridized carbons (Fsp3) is 0.556. The number of nitrogens with two attached hydrogens (primary N) is 1. The van der Waals surface area contributed by atoms with Crippen molar-refractivity contribution in [2.24, 2.45) is 29.4 Å². The average molecular weight is 546 g/mol. The third-order valence-electron chi connectivity index (χ3n) is 8.05. The highest BCUT2D eigenvalue weighted by Crippen LogP contribution is 2.52. The van der Waals surface area contributed by atoms with Crippen LogP contribution in [0.4, 0.5) is 4.79 Å². The van der Waals surface area contributed by atoms with Gasteiger partial charge < -0.3 is 41.1 Å². The van der Waals surface area contributed by atoms with Crippen LogP contribution < -0.4 is 11.1 Å². The number of fused-ring (bicyclic) bond motifs is 3. The molecule has 2 amide bonds. The number of ketones is 2. The Kier molecular flexibility index (Phi) is 7.50. The number of ether oxygens (including phenoxy) is 1. The lowest BCUT2D eigenvalue weighted by Gasteiger charge is -2.53. The smallest absolute Gasteiger partial charge is 0.407 e. The molecule has 0 aliphatic heterocycles. The normalized spacial score (nSPS) is 30.1. The van der Waals surface area contributed by atoms with Crippen molar-refractivity contribution in [3.63, 3.8) is 0 Å². The highest BCUT2D eigenvalue weighted by molar-refractivity contribution is 6.15. The second-order valence-corrected chi connectivity index (χ2v) is 11.2. The van der Waals surface area contributed by atoms with E-state index in [1.807, 2.05) is 13.8 Å². The number of Topliss-reactive ketones (excluding diaryl/α,β-unsaturated/α-hetero) is 2. The summed E-state index contributed by atoms with van der Waals surface area (Å²) in [5, 5.41) is 47.2. The number of rotatable bonds is 6. The number of carbonyl (C=O) groups excluding carboxylic acids is 4. The quantitative estimate of drug-likeness (QED) is 0.268. The SMILES string of the molecule is CC(C)COC(=O)NCc1ccc(O)c2c1C[C@H]1C[C@H]3[C@H](N(C)C)C(O)C(C(N)=O)C(=O)[C@@]3(O)C(O)=C1C2=O. The van der Waals surface area contributed by atoms with Crippen molar-refractivity contribution in [1.82, 2.24) is 10.2 Å². The number of benzene rings is 1. The number of aromatic hydroxyl groups is 1. The Bertz CT molecular complexity index is 1260. The van der Waals surface area contributed by atoms with Crippen LogP contribution in [0.25, 0.3) is 0 Å². The second kappa shape index (κ2) is 10.2. The molecule has 3 aliphatic carbocycles. The third kappa shape index (κ3) is 4.56. The maximum absolute atomic E-state index is 13.7. The predicted molar refractivity (Wildman–Crippen MR) is 137 cm³/mol. The fourth-order valence-corrected chi connectivity index (χ4v) is 6.30. The van der Waals surface area contributed by atoms with Crippen molar-refractivity contribution >= 4 is 23.6 Å². The molecule has 2 unspecified atom stereocenters. The molecule has 1 fully saturated rings. The van der Waals surface area contributed by atoms with Crippen molar-refractivity contribution in [2.75, 3.05) is 20.7 Å². The van der Waals surface area contributed by atoms with Gasteiger partial charge in [-0.2, -0.15) is 0 Å². The number of aliphatic hydroxyl groups is 3. The van der Waals surface area contributed by atoms with E-state index in [1.54, 1.807) is 25.1 Å². The van der Waals surface area contributed by atoms with Gasteiger partial charge in [0.1, 0.15) is 17.4 Å². The number of allylic oxidation sites excluding steroid dienone is 1. The highest BCUT2D eigenvalue weighted by Gasteiger charge is 2.66. The Morgan fingerprint density at radius 1 is 1.23 bits per heavy atom.